The molecule has 0 aliphatic rings. The molecule has 0 fully saturated rings. The second-order valence-electron chi connectivity index (χ2n) is 3.90. The highest BCUT2D eigenvalue weighted by molar-refractivity contribution is 6.32. The quantitative estimate of drug-likeness (QED) is 0.864. The molecular formula is C13H14ClNO. The molecule has 2 aromatic rings. The van der Waals surface area contributed by atoms with Gasteiger partial charge in [0.2, 0.25) is 0 Å². The minimum Gasteiger partial charge on any atom is -0.464 e. The van der Waals surface area contributed by atoms with Crippen LogP contribution in [0.3, 0.4) is 0 Å². The first-order valence-corrected chi connectivity index (χ1v) is 5.54. The lowest BCUT2D eigenvalue weighted by atomic mass is 10.0. The van der Waals surface area contributed by atoms with Crippen LogP contribution in [0.25, 0.3) is 0 Å². The largest absolute Gasteiger partial charge is 0.464 e. The fourth-order valence-corrected chi connectivity index (χ4v) is 1.93. The van der Waals surface area contributed by atoms with Crippen LogP contribution < -0.4 is 5.73 Å². The maximum atomic E-state index is 6.22. The predicted molar refractivity (Wildman–Crippen MR) is 65.7 cm³/mol. The summed E-state index contributed by atoms with van der Waals surface area (Å²) in [5, 5.41) is 0.712. The third-order valence-corrected chi connectivity index (χ3v) is 3.14. The van der Waals surface area contributed by atoms with E-state index in [1.165, 1.54) is 0 Å². The lowest BCUT2D eigenvalue weighted by molar-refractivity contribution is 0.466. The van der Waals surface area contributed by atoms with Crippen LogP contribution in [0, 0.1) is 13.8 Å². The van der Waals surface area contributed by atoms with Crippen molar-refractivity contribution in [1.82, 2.24) is 0 Å². The van der Waals surface area contributed by atoms with Gasteiger partial charge in [-0.25, -0.2) is 0 Å². The van der Waals surface area contributed by atoms with Crippen LogP contribution in [0.2, 0.25) is 5.02 Å². The zero-order chi connectivity index (χ0) is 11.7. The van der Waals surface area contributed by atoms with Gasteiger partial charge in [0, 0.05) is 5.02 Å². The van der Waals surface area contributed by atoms with Gasteiger partial charge in [-0.05, 0) is 37.1 Å². The van der Waals surface area contributed by atoms with Crippen molar-refractivity contribution in [2.45, 2.75) is 19.9 Å². The molecule has 1 unspecified atom stereocenters. The zero-order valence-electron chi connectivity index (χ0n) is 9.33. The van der Waals surface area contributed by atoms with E-state index < -0.39 is 0 Å². The van der Waals surface area contributed by atoms with E-state index in [2.05, 4.69) is 0 Å². The Hall–Kier alpha value is -1.25. The number of halogens is 1. The number of rotatable bonds is 2. The second kappa shape index (κ2) is 4.32. The number of aryl methyl sites for hydroxylation is 2. The molecule has 0 spiro atoms. The highest BCUT2D eigenvalue weighted by Crippen LogP contribution is 2.29. The molecule has 2 N–H and O–H groups in total. The highest BCUT2D eigenvalue weighted by Gasteiger charge is 2.16. The number of hydrogen-bond acceptors (Lipinski definition) is 2. The van der Waals surface area contributed by atoms with E-state index in [1.807, 2.05) is 44.2 Å². The highest BCUT2D eigenvalue weighted by atomic mass is 35.5. The standard InChI is InChI=1S/C13H14ClNO/c1-8-4-3-5-10(12(8)14)13(15)11-7-6-9(2)16-11/h3-7,13H,15H2,1-2H3. The molecule has 1 aromatic heterocycles. The van der Waals surface area contributed by atoms with Gasteiger partial charge < -0.3 is 10.2 Å². The first-order valence-electron chi connectivity index (χ1n) is 5.16. The third-order valence-electron chi connectivity index (χ3n) is 2.62. The molecule has 0 saturated carbocycles. The third kappa shape index (κ3) is 1.99. The van der Waals surface area contributed by atoms with E-state index in [4.69, 9.17) is 21.8 Å². The Labute approximate surface area is 100 Å². The summed E-state index contributed by atoms with van der Waals surface area (Å²) < 4.78 is 5.51. The van der Waals surface area contributed by atoms with Crippen molar-refractivity contribution in [2.24, 2.45) is 5.73 Å². The Morgan fingerprint density at radius 2 is 1.94 bits per heavy atom. The molecule has 1 aromatic carbocycles. The summed E-state index contributed by atoms with van der Waals surface area (Å²) >= 11 is 6.22. The van der Waals surface area contributed by atoms with E-state index in [0.717, 1.165) is 22.6 Å². The smallest absolute Gasteiger partial charge is 0.125 e. The molecule has 0 aliphatic carbocycles. The molecule has 0 radical (unpaired) electrons. The van der Waals surface area contributed by atoms with E-state index >= 15 is 0 Å². The Kier molecular flexibility index (Phi) is 3.03. The predicted octanol–water partition coefficient (Wildman–Crippen LogP) is 3.60. The van der Waals surface area contributed by atoms with Gasteiger partial charge in [-0.2, -0.15) is 0 Å². The molecule has 3 heteroatoms. The van der Waals surface area contributed by atoms with Gasteiger partial charge >= 0.3 is 0 Å². The van der Waals surface area contributed by atoms with Crippen LogP contribution in [0.15, 0.2) is 34.7 Å². The average Bonchev–Trinajstić information content (AvgIpc) is 2.68. The van der Waals surface area contributed by atoms with E-state index in [0.29, 0.717) is 5.02 Å². The summed E-state index contributed by atoms with van der Waals surface area (Å²) in [5.41, 5.74) is 8.05. The molecule has 0 bridgehead atoms. The van der Waals surface area contributed by atoms with Gasteiger partial charge in [0.25, 0.3) is 0 Å². The summed E-state index contributed by atoms with van der Waals surface area (Å²) in [5.74, 6) is 1.60. The molecule has 16 heavy (non-hydrogen) atoms. The van der Waals surface area contributed by atoms with E-state index in [9.17, 15) is 0 Å². The molecular weight excluding hydrogens is 222 g/mol. The van der Waals surface area contributed by atoms with Crippen molar-refractivity contribution in [3.05, 3.63) is 58.0 Å². The van der Waals surface area contributed by atoms with Gasteiger partial charge in [-0.15, -0.1) is 0 Å². The number of benzene rings is 1. The summed E-state index contributed by atoms with van der Waals surface area (Å²) in [6, 6.07) is 9.33. The average molecular weight is 236 g/mol. The molecule has 0 amide bonds. The number of hydrogen-bond donors (Lipinski definition) is 1. The van der Waals surface area contributed by atoms with Gasteiger partial charge in [-0.1, -0.05) is 29.8 Å². The maximum absolute atomic E-state index is 6.22. The minimum absolute atomic E-state index is 0.305. The van der Waals surface area contributed by atoms with Crippen LogP contribution in [-0.2, 0) is 0 Å². The van der Waals surface area contributed by atoms with Gasteiger partial charge in [0.15, 0.2) is 0 Å². The zero-order valence-corrected chi connectivity index (χ0v) is 10.1. The van der Waals surface area contributed by atoms with Crippen LogP contribution in [-0.4, -0.2) is 0 Å². The first kappa shape index (κ1) is 11.2. The SMILES string of the molecule is Cc1ccc(C(N)c2cccc(C)c2Cl)o1. The summed E-state index contributed by atoms with van der Waals surface area (Å²) in [6.07, 6.45) is 0. The Morgan fingerprint density at radius 3 is 2.56 bits per heavy atom. The van der Waals surface area contributed by atoms with Crippen molar-refractivity contribution >= 4 is 11.6 Å². The molecule has 84 valence electrons. The number of nitrogens with two attached hydrogens (primary N) is 1. The summed E-state index contributed by atoms with van der Waals surface area (Å²) in [4.78, 5) is 0. The van der Waals surface area contributed by atoms with Crippen molar-refractivity contribution in [3.8, 4) is 0 Å². The second-order valence-corrected chi connectivity index (χ2v) is 4.28. The summed E-state index contributed by atoms with van der Waals surface area (Å²) in [7, 11) is 0. The Bertz CT molecular complexity index is 504. The van der Waals surface area contributed by atoms with Crippen LogP contribution in [0.5, 0.6) is 0 Å². The fourth-order valence-electron chi connectivity index (χ4n) is 1.68. The lowest BCUT2D eigenvalue weighted by Gasteiger charge is -2.12. The van der Waals surface area contributed by atoms with Crippen molar-refractivity contribution < 1.29 is 4.42 Å². The van der Waals surface area contributed by atoms with Crippen molar-refractivity contribution in [1.29, 1.82) is 0 Å². The molecule has 0 saturated heterocycles. The van der Waals surface area contributed by atoms with Crippen molar-refractivity contribution in [2.75, 3.05) is 0 Å². The molecule has 1 atom stereocenters. The number of furan rings is 1. The first-order chi connectivity index (χ1) is 7.59. The summed E-state index contributed by atoms with van der Waals surface area (Å²) in [6.45, 7) is 3.86. The van der Waals surface area contributed by atoms with Crippen molar-refractivity contribution in [3.63, 3.8) is 0 Å². The minimum atomic E-state index is -0.305. The maximum Gasteiger partial charge on any atom is 0.125 e. The molecule has 0 aliphatic heterocycles. The van der Waals surface area contributed by atoms with Gasteiger partial charge in [-0.3, -0.25) is 0 Å². The van der Waals surface area contributed by atoms with Gasteiger partial charge in [0.1, 0.15) is 11.5 Å². The normalized spacial score (nSPS) is 12.8. The van der Waals surface area contributed by atoms with Gasteiger partial charge in [0.05, 0.1) is 6.04 Å². The Morgan fingerprint density at radius 1 is 1.19 bits per heavy atom. The lowest BCUT2D eigenvalue weighted by Crippen LogP contribution is -2.11. The fraction of sp³-hybridized carbons (Fsp3) is 0.231. The Balaban J connectivity index is 2.41. The molecule has 1 heterocycles. The monoisotopic (exact) mass is 235 g/mol. The van der Waals surface area contributed by atoms with Crippen LogP contribution >= 0.6 is 11.6 Å². The van der Waals surface area contributed by atoms with Crippen LogP contribution in [0.4, 0.5) is 0 Å². The molecule has 2 nitrogen and oxygen atoms in total. The van der Waals surface area contributed by atoms with E-state index in [-0.39, 0.29) is 6.04 Å². The molecule has 2 rings (SSSR count). The van der Waals surface area contributed by atoms with E-state index in [1.54, 1.807) is 0 Å². The topological polar surface area (TPSA) is 39.2 Å². The van der Waals surface area contributed by atoms with Crippen LogP contribution in [0.1, 0.15) is 28.7 Å².